The van der Waals surface area contributed by atoms with Crippen LogP contribution in [0.5, 0.6) is 0 Å². The molecular formula is C66H117N13O12. The van der Waals surface area contributed by atoms with Gasteiger partial charge in [-0.2, -0.15) is 5.10 Å². The van der Waals surface area contributed by atoms with Gasteiger partial charge in [0.25, 0.3) is 0 Å². The zero-order valence-electron chi connectivity index (χ0n) is 59.7. The van der Waals surface area contributed by atoms with E-state index in [1.165, 1.54) is 94.6 Å². The molecule has 0 aromatic carbocycles. The molecule has 1 aliphatic heterocycles. The fourth-order valence-electron chi connectivity index (χ4n) is 11.8. The Hall–Kier alpha value is -6.66. The van der Waals surface area contributed by atoms with Crippen LogP contribution in [0.1, 0.15) is 168 Å². The Morgan fingerprint density at radius 3 is 1.33 bits per heavy atom. The fourth-order valence-corrected chi connectivity index (χ4v) is 11.8. The minimum Gasteiger partial charge on any atom is -0.390 e. The van der Waals surface area contributed by atoms with Crippen molar-refractivity contribution in [3.8, 4) is 0 Å². The predicted molar refractivity (Wildman–Crippen MR) is 350 cm³/mol. The van der Waals surface area contributed by atoms with Crippen molar-refractivity contribution in [3.05, 3.63) is 18.0 Å². The Bertz CT molecular complexity index is 2640. The number of carbonyl (C=O) groups excluding carboxylic acids is 11. The number of aromatic nitrogens is 2. The lowest BCUT2D eigenvalue weighted by Crippen LogP contribution is -2.64. The van der Waals surface area contributed by atoms with Gasteiger partial charge in [0, 0.05) is 62.6 Å². The second kappa shape index (κ2) is 36.0. The quantitative estimate of drug-likeness (QED) is 0.150. The van der Waals surface area contributed by atoms with Crippen LogP contribution in [-0.2, 0) is 66.2 Å². The van der Waals surface area contributed by atoms with Crippen LogP contribution in [0.2, 0.25) is 0 Å². The molecule has 2 heterocycles. The summed E-state index contributed by atoms with van der Waals surface area (Å²) in [5.41, 5.74) is 0.964. The van der Waals surface area contributed by atoms with Gasteiger partial charge in [-0.05, 0) is 119 Å². The molecule has 5 N–H and O–H groups in total. The molecule has 0 unspecified atom stereocenters. The van der Waals surface area contributed by atoms with E-state index in [0.717, 1.165) is 15.4 Å². The number of rotatable bonds is 17. The minimum absolute atomic E-state index is 0.00825. The summed E-state index contributed by atoms with van der Waals surface area (Å²) in [6.45, 7) is 29.7. The molecule has 25 nitrogen and oxygen atoms in total. The van der Waals surface area contributed by atoms with Crippen LogP contribution in [0, 0.1) is 41.4 Å². The Morgan fingerprint density at radius 2 is 0.879 bits per heavy atom. The standard InChI is InChI=1S/C66H117N13O12/c1-26-47-62(87)73(19)45(17)61(86)74(20)49(31-37(4)5)58(83)71-52(40(10)11)65(90)75(21)48(30-36(2)3)57(82)68-43(15)56(81)69-44(16)60(85)76(22)50(32-38(6)7)63(88)77(23)51(33-39(8)9)64(89)78(24)53(41(12)13)66(91)79(25)54(59(84)70-47)55(80)42(14)28-27-29-46-34-67-72(18)35-46/h34-45,47-55,80H,26-33H2,1-25H3,(H,68,82)(H,69,81)(H,70,84)(H,71,83)/t42-,43-,44+,45-,47-,48-,49+,50-,51-,52-,53-,54-,55-/m1/s1. The van der Waals surface area contributed by atoms with Gasteiger partial charge in [-0.1, -0.05) is 96.9 Å². The van der Waals surface area contributed by atoms with Crippen LogP contribution in [-0.4, -0.2) is 236 Å². The number of aliphatic hydroxyl groups excluding tert-OH is 1. The first-order valence-electron chi connectivity index (χ1n) is 32.8. The summed E-state index contributed by atoms with van der Waals surface area (Å²) in [6, 6.07) is -13.7. The molecule has 0 bridgehead atoms. The van der Waals surface area contributed by atoms with Gasteiger partial charge in [-0.15, -0.1) is 0 Å². The molecule has 2 rings (SSSR count). The van der Waals surface area contributed by atoms with Gasteiger partial charge < -0.3 is 60.7 Å². The van der Waals surface area contributed by atoms with Crippen LogP contribution >= 0.6 is 0 Å². The number of aliphatic hydroxyl groups is 1. The monoisotopic (exact) mass is 1280 g/mol. The van der Waals surface area contributed by atoms with Crippen LogP contribution in [0.15, 0.2) is 12.4 Å². The Balaban J connectivity index is 3.00. The molecule has 518 valence electrons. The van der Waals surface area contributed by atoms with E-state index in [1.54, 1.807) is 59.5 Å². The van der Waals surface area contributed by atoms with E-state index < -0.39 is 155 Å². The van der Waals surface area contributed by atoms with Gasteiger partial charge in [0.2, 0.25) is 65.0 Å². The first-order valence-corrected chi connectivity index (χ1v) is 32.8. The third-order valence-corrected chi connectivity index (χ3v) is 17.7. The second-order valence-corrected chi connectivity index (χ2v) is 28.1. The van der Waals surface area contributed by atoms with Gasteiger partial charge in [0.1, 0.15) is 66.5 Å². The topological polar surface area (TPSA) is 297 Å². The number of hydrogen-bond donors (Lipinski definition) is 5. The Morgan fingerprint density at radius 1 is 0.451 bits per heavy atom. The lowest BCUT2D eigenvalue weighted by molar-refractivity contribution is -0.157. The predicted octanol–water partition coefficient (Wildman–Crippen LogP) is 3.45. The van der Waals surface area contributed by atoms with Gasteiger partial charge >= 0.3 is 0 Å². The molecule has 1 aliphatic rings. The highest BCUT2D eigenvalue weighted by Crippen LogP contribution is 2.26. The summed E-state index contributed by atoms with van der Waals surface area (Å²) in [5.74, 6) is -9.80. The zero-order valence-corrected chi connectivity index (χ0v) is 59.7. The molecule has 0 saturated carbocycles. The molecular weight excluding hydrogens is 1170 g/mol. The van der Waals surface area contributed by atoms with Crippen molar-refractivity contribution in [3.63, 3.8) is 0 Å². The average Bonchev–Trinajstić information content (AvgIpc) is 1.24. The third kappa shape index (κ3) is 22.0. The van der Waals surface area contributed by atoms with Gasteiger partial charge in [-0.25, -0.2) is 0 Å². The summed E-state index contributed by atoms with van der Waals surface area (Å²) in [6.07, 6.45) is 4.30. The van der Waals surface area contributed by atoms with E-state index in [0.29, 0.717) is 19.3 Å². The van der Waals surface area contributed by atoms with Gasteiger partial charge in [-0.3, -0.25) is 57.4 Å². The Kier molecular flexibility index (Phi) is 31.8. The normalized spacial score (nSPS) is 26.7. The highest BCUT2D eigenvalue weighted by molar-refractivity contribution is 6.00. The molecule has 0 radical (unpaired) electrons. The van der Waals surface area contributed by atoms with Crippen LogP contribution in [0.4, 0.5) is 0 Å². The van der Waals surface area contributed by atoms with E-state index in [4.69, 9.17) is 0 Å². The highest BCUT2D eigenvalue weighted by Gasteiger charge is 2.46. The smallest absolute Gasteiger partial charge is 0.246 e. The van der Waals surface area contributed by atoms with Crippen molar-refractivity contribution in [2.75, 3.05) is 49.3 Å². The lowest BCUT2D eigenvalue weighted by atomic mass is 9.90. The lowest BCUT2D eigenvalue weighted by Gasteiger charge is -2.41. The van der Waals surface area contributed by atoms with E-state index in [2.05, 4.69) is 26.4 Å². The molecule has 1 aromatic heterocycles. The minimum atomic E-state index is -1.63. The van der Waals surface area contributed by atoms with E-state index >= 15 is 19.2 Å². The fraction of sp³-hybridized carbons (Fsp3) is 0.788. The van der Waals surface area contributed by atoms with Crippen LogP contribution in [0.25, 0.3) is 0 Å². The maximum Gasteiger partial charge on any atom is 0.246 e. The molecule has 1 fully saturated rings. The summed E-state index contributed by atoms with van der Waals surface area (Å²) < 4.78 is 1.68. The highest BCUT2D eigenvalue weighted by atomic mass is 16.3. The number of amides is 11. The van der Waals surface area contributed by atoms with Crippen molar-refractivity contribution >= 4 is 65.0 Å². The number of nitrogens with zero attached hydrogens (tertiary/aromatic N) is 9. The van der Waals surface area contributed by atoms with Crippen molar-refractivity contribution in [1.82, 2.24) is 65.3 Å². The molecule has 11 amide bonds. The zero-order chi connectivity index (χ0) is 70.1. The maximum absolute atomic E-state index is 15.4. The molecule has 1 saturated heterocycles. The number of hydrogen-bond acceptors (Lipinski definition) is 13. The van der Waals surface area contributed by atoms with Crippen molar-refractivity contribution in [2.24, 2.45) is 48.5 Å². The SMILES string of the molecule is CC[C@H]1NC(=O)[C@@H]([C@H](O)[C@H](C)CCCc2cnn(C)c2)N(C)C(=O)[C@@H](C(C)C)N(C)C(=O)[C@@H](CC(C)C)N(C)C(=O)[C@@H](CC(C)C)N(C)C(=O)[C@H](C)NC(=O)[C@@H](C)NC(=O)[C@@H](CC(C)C)N(C)C(=O)[C@@H](C(C)C)NC(=O)[C@H](CC(C)C)N(C)C(=O)[C@@H](C)N(C)C1=O. The summed E-state index contributed by atoms with van der Waals surface area (Å²) >= 11 is 0. The van der Waals surface area contributed by atoms with Crippen LogP contribution in [0.3, 0.4) is 0 Å². The molecule has 0 aliphatic carbocycles. The van der Waals surface area contributed by atoms with E-state index in [9.17, 15) is 38.7 Å². The number of carbonyl (C=O) groups is 11. The van der Waals surface area contributed by atoms with E-state index in [1.807, 2.05) is 61.6 Å². The van der Waals surface area contributed by atoms with Crippen molar-refractivity contribution < 1.29 is 57.8 Å². The summed E-state index contributed by atoms with van der Waals surface area (Å²) in [5, 5.41) is 27.8. The summed E-state index contributed by atoms with van der Waals surface area (Å²) in [7, 11) is 11.8. The average molecular weight is 1280 g/mol. The van der Waals surface area contributed by atoms with Gasteiger partial charge in [0.05, 0.1) is 12.3 Å². The largest absolute Gasteiger partial charge is 0.390 e. The molecule has 91 heavy (non-hydrogen) atoms. The summed E-state index contributed by atoms with van der Waals surface area (Å²) in [4.78, 5) is 171. The van der Waals surface area contributed by atoms with Crippen molar-refractivity contribution in [2.45, 2.75) is 242 Å². The first kappa shape index (κ1) is 80.4. The van der Waals surface area contributed by atoms with Gasteiger partial charge in [0.15, 0.2) is 0 Å². The van der Waals surface area contributed by atoms with Crippen molar-refractivity contribution in [1.29, 1.82) is 0 Å². The third-order valence-electron chi connectivity index (χ3n) is 17.7. The molecule has 25 heteroatoms. The first-order chi connectivity index (χ1) is 42.0. The number of nitrogens with one attached hydrogen (secondary N) is 4. The van der Waals surface area contributed by atoms with Crippen LogP contribution < -0.4 is 21.3 Å². The number of aryl methyl sites for hydroxylation is 2. The maximum atomic E-state index is 15.4. The Labute approximate surface area is 543 Å². The molecule has 13 atom stereocenters. The molecule has 0 spiro atoms. The molecule has 1 aromatic rings. The van der Waals surface area contributed by atoms with E-state index in [-0.39, 0.29) is 55.8 Å². The number of likely N-dealkylation sites (N-methyl/N-ethyl adjacent to an activating group) is 7. The second-order valence-electron chi connectivity index (χ2n) is 28.1.